The molecule has 7 heteroatoms. The van der Waals surface area contributed by atoms with E-state index in [4.69, 9.17) is 9.47 Å². The van der Waals surface area contributed by atoms with Crippen LogP contribution in [0.5, 0.6) is 5.75 Å². The summed E-state index contributed by atoms with van der Waals surface area (Å²) in [6.07, 6.45) is 3.01. The van der Waals surface area contributed by atoms with Gasteiger partial charge in [0.05, 0.1) is 19.8 Å². The summed E-state index contributed by atoms with van der Waals surface area (Å²) in [6.45, 7) is 3.38. The Hall–Kier alpha value is -2.54. The number of hydrogen-bond acceptors (Lipinski definition) is 5. The summed E-state index contributed by atoms with van der Waals surface area (Å²) in [6, 6.07) is 6.22. The van der Waals surface area contributed by atoms with Crippen molar-refractivity contribution in [1.82, 2.24) is 14.9 Å². The fraction of sp³-hybridized carbons (Fsp3) is 0.421. The molecule has 2 heterocycles. The van der Waals surface area contributed by atoms with Crippen LogP contribution in [0.2, 0.25) is 0 Å². The largest absolute Gasteiger partial charge is 0.494 e. The van der Waals surface area contributed by atoms with Crippen molar-refractivity contribution >= 4 is 5.91 Å². The predicted octanol–water partition coefficient (Wildman–Crippen LogP) is 2.41. The number of hydrogen-bond donors (Lipinski definition) is 0. The molecule has 0 saturated carbocycles. The third-order valence-electron chi connectivity index (χ3n) is 4.41. The lowest BCUT2D eigenvalue weighted by molar-refractivity contribution is -0.0247. The van der Waals surface area contributed by atoms with Gasteiger partial charge in [0.15, 0.2) is 11.6 Å². The zero-order valence-corrected chi connectivity index (χ0v) is 14.9. The Labute approximate surface area is 152 Å². The van der Waals surface area contributed by atoms with Gasteiger partial charge in [-0.3, -0.25) is 4.79 Å². The van der Waals surface area contributed by atoms with Crippen LogP contribution in [0.1, 0.15) is 28.2 Å². The van der Waals surface area contributed by atoms with Crippen molar-refractivity contribution in [3.63, 3.8) is 0 Å². The van der Waals surface area contributed by atoms with Crippen LogP contribution in [0.3, 0.4) is 0 Å². The molecule has 0 spiro atoms. The molecule has 6 nitrogen and oxygen atoms in total. The maximum atomic E-state index is 13.9. The van der Waals surface area contributed by atoms with E-state index in [1.54, 1.807) is 17.3 Å². The molecule has 1 aromatic heterocycles. The van der Waals surface area contributed by atoms with E-state index in [1.165, 1.54) is 19.2 Å². The SMILES string of the molecule is COc1ccc(C(=O)N2CCO[C@@H](CCc3cc(C)ncn3)C2)cc1F. The molecule has 0 aliphatic carbocycles. The Morgan fingerprint density at radius 3 is 2.96 bits per heavy atom. The minimum Gasteiger partial charge on any atom is -0.494 e. The Kier molecular flexibility index (Phi) is 5.78. The highest BCUT2D eigenvalue weighted by molar-refractivity contribution is 5.94. The Morgan fingerprint density at radius 2 is 2.23 bits per heavy atom. The standard InChI is InChI=1S/C19H22FN3O3/c1-13-9-15(22-12-21-13)4-5-16-11-23(7-8-26-16)19(24)14-3-6-18(25-2)17(20)10-14/h3,6,9-10,12,16H,4-5,7-8,11H2,1-2H3/t16-/m0/s1. The zero-order chi connectivity index (χ0) is 18.5. The zero-order valence-electron chi connectivity index (χ0n) is 14.9. The van der Waals surface area contributed by atoms with Crippen molar-refractivity contribution in [3.8, 4) is 5.75 Å². The number of methoxy groups -OCH3 is 1. The summed E-state index contributed by atoms with van der Waals surface area (Å²) in [4.78, 5) is 22.7. The molecule has 1 aromatic carbocycles. The fourth-order valence-corrected chi connectivity index (χ4v) is 3.02. The number of aromatic nitrogens is 2. The maximum absolute atomic E-state index is 13.9. The number of carbonyl (C=O) groups is 1. The van der Waals surface area contributed by atoms with E-state index in [9.17, 15) is 9.18 Å². The molecule has 0 unspecified atom stereocenters. The van der Waals surface area contributed by atoms with Gasteiger partial charge in [-0.2, -0.15) is 0 Å². The Morgan fingerprint density at radius 1 is 1.38 bits per heavy atom. The highest BCUT2D eigenvalue weighted by atomic mass is 19.1. The maximum Gasteiger partial charge on any atom is 0.254 e. The summed E-state index contributed by atoms with van der Waals surface area (Å²) < 4.78 is 24.5. The molecule has 2 aromatic rings. The van der Waals surface area contributed by atoms with E-state index in [2.05, 4.69) is 9.97 Å². The number of benzene rings is 1. The van der Waals surface area contributed by atoms with Crippen LogP contribution in [0.4, 0.5) is 4.39 Å². The van der Waals surface area contributed by atoms with Crippen LogP contribution < -0.4 is 4.74 Å². The number of nitrogens with zero attached hydrogens (tertiary/aromatic N) is 3. The number of ether oxygens (including phenoxy) is 2. The van der Waals surface area contributed by atoms with E-state index in [1.807, 2.05) is 13.0 Å². The fourth-order valence-electron chi connectivity index (χ4n) is 3.02. The summed E-state index contributed by atoms with van der Waals surface area (Å²) in [7, 11) is 1.39. The number of aryl methyl sites for hydroxylation is 2. The number of carbonyl (C=O) groups excluding carboxylic acids is 1. The second-order valence-corrected chi connectivity index (χ2v) is 6.28. The monoisotopic (exact) mass is 359 g/mol. The van der Waals surface area contributed by atoms with Gasteiger partial charge >= 0.3 is 0 Å². The first-order chi connectivity index (χ1) is 12.6. The average Bonchev–Trinajstić information content (AvgIpc) is 2.66. The first-order valence-electron chi connectivity index (χ1n) is 8.58. The summed E-state index contributed by atoms with van der Waals surface area (Å²) in [5.41, 5.74) is 2.20. The molecule has 1 saturated heterocycles. The average molecular weight is 359 g/mol. The molecule has 1 aliphatic heterocycles. The van der Waals surface area contributed by atoms with E-state index >= 15 is 0 Å². The number of amides is 1. The second kappa shape index (κ2) is 8.23. The lowest BCUT2D eigenvalue weighted by atomic mass is 10.1. The minimum absolute atomic E-state index is 0.0638. The van der Waals surface area contributed by atoms with E-state index in [-0.39, 0.29) is 17.8 Å². The van der Waals surface area contributed by atoms with Crippen LogP contribution in [-0.2, 0) is 11.2 Å². The van der Waals surface area contributed by atoms with Gasteiger partial charge in [-0.05, 0) is 44.0 Å². The number of morpholine rings is 1. The van der Waals surface area contributed by atoms with Gasteiger partial charge in [0, 0.05) is 30.0 Å². The third-order valence-corrected chi connectivity index (χ3v) is 4.41. The van der Waals surface area contributed by atoms with E-state index in [0.717, 1.165) is 24.2 Å². The Balaban J connectivity index is 1.60. The lowest BCUT2D eigenvalue weighted by Crippen LogP contribution is -2.45. The molecule has 1 aliphatic rings. The predicted molar refractivity (Wildman–Crippen MR) is 93.7 cm³/mol. The molecule has 1 atom stereocenters. The third kappa shape index (κ3) is 4.35. The van der Waals surface area contributed by atoms with E-state index in [0.29, 0.717) is 25.3 Å². The van der Waals surface area contributed by atoms with Gasteiger partial charge in [0.1, 0.15) is 6.33 Å². The minimum atomic E-state index is -0.540. The molecule has 0 radical (unpaired) electrons. The van der Waals surface area contributed by atoms with Gasteiger partial charge in [-0.1, -0.05) is 0 Å². The van der Waals surface area contributed by atoms with Crippen molar-refractivity contribution in [2.24, 2.45) is 0 Å². The van der Waals surface area contributed by atoms with Crippen molar-refractivity contribution in [1.29, 1.82) is 0 Å². The van der Waals surface area contributed by atoms with Gasteiger partial charge in [-0.15, -0.1) is 0 Å². The first kappa shape index (κ1) is 18.3. The van der Waals surface area contributed by atoms with Crippen LogP contribution in [-0.4, -0.2) is 53.7 Å². The quantitative estimate of drug-likeness (QED) is 0.820. The second-order valence-electron chi connectivity index (χ2n) is 6.28. The highest BCUT2D eigenvalue weighted by Crippen LogP contribution is 2.20. The molecular weight excluding hydrogens is 337 g/mol. The van der Waals surface area contributed by atoms with Crippen molar-refractivity contribution < 1.29 is 18.7 Å². The molecule has 3 rings (SSSR count). The van der Waals surface area contributed by atoms with Crippen LogP contribution in [0.15, 0.2) is 30.6 Å². The van der Waals surface area contributed by atoms with Crippen LogP contribution in [0, 0.1) is 12.7 Å². The summed E-state index contributed by atoms with van der Waals surface area (Å²) in [5, 5.41) is 0. The topological polar surface area (TPSA) is 64.5 Å². The smallest absolute Gasteiger partial charge is 0.254 e. The highest BCUT2D eigenvalue weighted by Gasteiger charge is 2.25. The molecule has 1 fully saturated rings. The van der Waals surface area contributed by atoms with Crippen LogP contribution in [0.25, 0.3) is 0 Å². The molecular formula is C19H22FN3O3. The Bertz CT molecular complexity index is 784. The van der Waals surface area contributed by atoms with Crippen molar-refractivity contribution in [2.45, 2.75) is 25.9 Å². The van der Waals surface area contributed by atoms with Gasteiger partial charge < -0.3 is 14.4 Å². The number of rotatable bonds is 5. The van der Waals surface area contributed by atoms with E-state index < -0.39 is 5.82 Å². The molecule has 26 heavy (non-hydrogen) atoms. The lowest BCUT2D eigenvalue weighted by Gasteiger charge is -2.33. The van der Waals surface area contributed by atoms with Crippen LogP contribution >= 0.6 is 0 Å². The summed E-state index contributed by atoms with van der Waals surface area (Å²) in [5.74, 6) is -0.610. The molecule has 138 valence electrons. The molecule has 0 bridgehead atoms. The number of halogens is 1. The molecule has 1 amide bonds. The van der Waals surface area contributed by atoms with Gasteiger partial charge in [0.2, 0.25) is 0 Å². The molecule has 0 N–H and O–H groups in total. The normalized spacial score (nSPS) is 17.2. The van der Waals surface area contributed by atoms with Gasteiger partial charge in [0.25, 0.3) is 5.91 Å². The van der Waals surface area contributed by atoms with Crippen molar-refractivity contribution in [3.05, 3.63) is 53.4 Å². The summed E-state index contributed by atoms with van der Waals surface area (Å²) >= 11 is 0. The first-order valence-corrected chi connectivity index (χ1v) is 8.58. The van der Waals surface area contributed by atoms with Gasteiger partial charge in [-0.25, -0.2) is 14.4 Å². The van der Waals surface area contributed by atoms with Crippen molar-refractivity contribution in [2.75, 3.05) is 26.8 Å².